The molecule has 40 nitrogen and oxygen atoms in total. The molecule has 8 heterocycles. The zero-order valence-electron chi connectivity index (χ0n) is 98.9. The number of hydrogen-bond donors (Lipinski definition) is 16. The van der Waals surface area contributed by atoms with Gasteiger partial charge in [0.15, 0.2) is 88.6 Å². The molecule has 16 N–H and O–H groups in total. The van der Waals surface area contributed by atoms with Gasteiger partial charge in [0, 0.05) is 113 Å². The van der Waals surface area contributed by atoms with Crippen molar-refractivity contribution < 1.29 is 125 Å². The quantitative estimate of drug-likeness (QED) is 0.00969. The van der Waals surface area contributed by atoms with Crippen LogP contribution >= 0.6 is 47.0 Å². The molecule has 8 saturated carbocycles. The number of aromatic nitrogens is 20. The van der Waals surface area contributed by atoms with E-state index in [0.717, 1.165) is 47.0 Å². The average molecular weight is 2090 g/mol. The summed E-state index contributed by atoms with van der Waals surface area (Å²) in [5.41, 5.74) is -1.65. The number of rotatable bonds is 40. The highest BCUT2D eigenvalue weighted by Crippen LogP contribution is 2.50. The largest absolute Gasteiger partial charge is 0.394 e. The predicted molar refractivity (Wildman–Crippen MR) is 530 cm³/mol. The Labute approximate surface area is 871 Å². The molecule has 0 radical (unpaired) electrons. The summed E-state index contributed by atoms with van der Waals surface area (Å²) in [5.74, 6) is -5.37. The van der Waals surface area contributed by atoms with Crippen molar-refractivity contribution in [2.75, 3.05) is 96.8 Å². The Hall–Kier alpha value is -9.52. The molecule has 776 valence electrons. The topological polar surface area (TPSA) is 554 Å². The van der Waals surface area contributed by atoms with E-state index in [1.807, 2.05) is 0 Å². The number of nitrogens with zero attached hydrogens (tertiary/aromatic N) is 20. The van der Waals surface area contributed by atoms with Gasteiger partial charge in [-0.05, 0) is 148 Å². The summed E-state index contributed by atoms with van der Waals surface area (Å²) in [5, 5.41) is 169. The van der Waals surface area contributed by atoms with Crippen LogP contribution in [0.4, 0.5) is 40.8 Å². The second-order valence-corrected chi connectivity index (χ2v) is 38.7. The standard InChI is InChI=1S/4C24H31FN6O4S/c4*1-3-8-36-24-27-22(26-16-10-14(16)13-5-4-12(2)15(25)9-13)19-23(28-24)31(30-29-19)17-11-18(35-7-6-32)21(34)20(17)33/h4*4-5,9,14,16-18,20-21,32-34H,3,6-8,10-11H2,1-2H3,(H,26,27,28)/t4*14-,16+,17+,18-,20-,21+/m0000/s1/i6D2,7D2,8D2,14D;7D2,8D2,14D;6D2,8D2,14D;8D2,14D. The van der Waals surface area contributed by atoms with Crippen LogP contribution in [0.2, 0.25) is 0 Å². The van der Waals surface area contributed by atoms with Gasteiger partial charge in [0.2, 0.25) is 0 Å². The van der Waals surface area contributed by atoms with Crippen molar-refractivity contribution in [2.24, 2.45) is 0 Å². The molecule has 0 spiro atoms. The number of ether oxygens (including phenoxy) is 4. The fourth-order valence-corrected chi connectivity index (χ4v) is 19.7. The zero-order valence-corrected chi connectivity index (χ0v) is 82.1. The Balaban J connectivity index is 0.000000146. The van der Waals surface area contributed by atoms with Gasteiger partial charge in [-0.15, -0.1) is 20.4 Å². The van der Waals surface area contributed by atoms with Gasteiger partial charge >= 0.3 is 0 Å². The van der Waals surface area contributed by atoms with Crippen molar-refractivity contribution in [1.82, 2.24) is 99.8 Å². The summed E-state index contributed by atoms with van der Waals surface area (Å²) in [6.07, 6.45) is -13.9. The van der Waals surface area contributed by atoms with Crippen LogP contribution in [0.25, 0.3) is 44.7 Å². The van der Waals surface area contributed by atoms with Crippen LogP contribution in [0.15, 0.2) is 93.4 Å². The first-order valence-electron chi connectivity index (χ1n) is 56.7. The highest BCUT2D eigenvalue weighted by Gasteiger charge is 2.51. The molecule has 0 aliphatic heterocycles. The molecule has 144 heavy (non-hydrogen) atoms. The summed E-state index contributed by atoms with van der Waals surface area (Å²) in [6.45, 7) is -0.250. The smallest absolute Gasteiger partial charge is 0.191 e. The number of aryl methyl sites for hydroxylation is 4. The van der Waals surface area contributed by atoms with Crippen molar-refractivity contribution in [3.8, 4) is 0 Å². The molecule has 4 aromatic carbocycles. The van der Waals surface area contributed by atoms with E-state index in [4.69, 9.17) is 51.5 Å². The maximum Gasteiger partial charge on any atom is 0.191 e. The summed E-state index contributed by atoms with van der Waals surface area (Å²) in [7, 11) is 0. The molecule has 0 amide bonds. The van der Waals surface area contributed by atoms with Crippen molar-refractivity contribution >= 4 is 115 Å². The minimum absolute atomic E-state index is 0.000650. The number of hydrogen-bond acceptors (Lipinski definition) is 40. The van der Waals surface area contributed by atoms with Crippen LogP contribution in [0, 0.1) is 51.0 Å². The van der Waals surface area contributed by atoms with E-state index in [1.54, 1.807) is 104 Å². The summed E-state index contributed by atoms with van der Waals surface area (Å²) >= 11 is 3.14. The maximum atomic E-state index is 14.2. The van der Waals surface area contributed by atoms with Crippen molar-refractivity contribution in [3.63, 3.8) is 0 Å². The number of halogens is 4. The van der Waals surface area contributed by atoms with Crippen LogP contribution in [0.3, 0.4) is 0 Å². The Bertz CT molecular complexity index is 7510. The molecule has 48 heteroatoms. The lowest BCUT2D eigenvalue weighted by Crippen LogP contribution is -2.33. The van der Waals surface area contributed by atoms with Crippen LogP contribution in [-0.2, 0) is 18.9 Å². The van der Waals surface area contributed by atoms with Gasteiger partial charge in [0.25, 0.3) is 0 Å². The van der Waals surface area contributed by atoms with Gasteiger partial charge in [0.1, 0.15) is 72.1 Å². The van der Waals surface area contributed by atoms with E-state index >= 15 is 0 Å². The molecule has 8 aliphatic rings. The molecule has 24 atom stereocenters. The van der Waals surface area contributed by atoms with E-state index < -0.39 is 225 Å². The third kappa shape index (κ3) is 23.8. The fourth-order valence-electron chi connectivity index (χ4n) is 17.6. The predicted octanol–water partition coefficient (Wildman–Crippen LogP) is 8.73. The second kappa shape index (κ2) is 47.3. The molecule has 8 aromatic heterocycles. The lowest BCUT2D eigenvalue weighted by atomic mass is 10.1. The van der Waals surface area contributed by atoms with Gasteiger partial charge in [-0.25, -0.2) is 76.2 Å². The van der Waals surface area contributed by atoms with E-state index in [0.29, 0.717) is 70.2 Å². The van der Waals surface area contributed by atoms with Gasteiger partial charge < -0.3 is 101 Å². The fraction of sp³-hybridized carbons (Fsp3) is 0.583. The maximum absolute atomic E-state index is 14.2. The number of nitrogens with one attached hydrogen (secondary N) is 4. The highest BCUT2D eigenvalue weighted by atomic mass is 32.2. The van der Waals surface area contributed by atoms with Crippen LogP contribution in [0.1, 0.15) is 224 Å². The third-order valence-corrected chi connectivity index (χ3v) is 28.8. The normalized spacial score (nSPS) is 32.5. The molecule has 0 bridgehead atoms. The van der Waals surface area contributed by atoms with Crippen molar-refractivity contribution in [2.45, 2.75) is 298 Å². The Morgan fingerprint density at radius 3 is 0.833 bits per heavy atom. The number of anilines is 4. The Morgan fingerprint density at radius 2 is 0.597 bits per heavy atom. The van der Waals surface area contributed by atoms with E-state index in [-0.39, 0.29) is 159 Å². The zero-order chi connectivity index (χ0) is 120. The SMILES string of the molecule is [2H]C([2H])(CC)Sc1nc(N[C@@H]2C[C@@]2([2H])c2ccc(C)c(F)c2)c2nnn([C@@H]3C[C@H](OC([2H])([2H])C([2H])([2H])O)[C@@H](O)[C@H]3O)c2n1.[2H]C([2H])(CC)Sc1nc(N[C@@H]2C[C@@]2([2H])c2ccc(C)c(F)c2)c2nnn([C@@H]3C[C@H](OCCO)[C@@H](O)[C@H]3O)c2n1.[2H]C([2H])(CO)O[C@H]1C[C@@H](n2nnc3c(N[C@@H]4C[C@@]4([2H])c4ccc(C)c(F)c4)nc(SC([2H])([2H])CC)nc32)[C@H](O)[C@@H]1O.[2H]C([2H])(O)CO[C@H]1C[C@@H](n2nnc3c(N[C@@H]4C[C@@]4([2H])c4ccc(C)c(F)c4)nc(SC([2H])([2H])CC)nc32)[C@H](O)[C@@H]1O. The van der Waals surface area contributed by atoms with Crippen LogP contribution in [0.5, 0.6) is 0 Å². The molecule has 20 rings (SSSR count). The van der Waals surface area contributed by atoms with Crippen LogP contribution in [-0.4, -0.2) is 334 Å². The average Bonchev–Trinajstić information content (AvgIpc) is 1.58. The number of benzene rings is 4. The summed E-state index contributed by atoms with van der Waals surface area (Å²) in [4.78, 5) is 35.7. The van der Waals surface area contributed by atoms with E-state index in [1.165, 1.54) is 43.0 Å². The molecular formula is C96H124F4N24O16S4. The molecular weight excluding hydrogens is 1950 g/mol. The summed E-state index contributed by atoms with van der Waals surface area (Å²) in [6, 6.07) is 13.2. The molecule has 8 aliphatic carbocycles. The first-order chi connectivity index (χ1) is 76.6. The number of thioether (sulfide) groups is 4. The Kier molecular flexibility index (Phi) is 27.1. The minimum Gasteiger partial charge on any atom is -0.394 e. The molecule has 0 saturated heterocycles. The summed E-state index contributed by atoms with van der Waals surface area (Å²) < 4.78 is 244. The first-order valence-corrected chi connectivity index (χ1v) is 50.0. The van der Waals surface area contributed by atoms with Gasteiger partial charge in [-0.1, -0.05) is 144 Å². The first kappa shape index (κ1) is 82.4. The third-order valence-electron chi connectivity index (χ3n) is 25.6. The minimum atomic E-state index is -3.39. The van der Waals surface area contributed by atoms with Crippen molar-refractivity contribution in [3.05, 3.63) is 141 Å². The van der Waals surface area contributed by atoms with Crippen molar-refractivity contribution in [1.29, 1.82) is 0 Å². The van der Waals surface area contributed by atoms with Gasteiger partial charge in [0.05, 0.1) is 112 Å². The van der Waals surface area contributed by atoms with E-state index in [2.05, 4.69) is 102 Å². The van der Waals surface area contributed by atoms with Gasteiger partial charge in [-0.3, -0.25) is 0 Å². The van der Waals surface area contributed by atoms with E-state index in [9.17, 15) is 73.7 Å². The second-order valence-electron chi connectivity index (χ2n) is 35.3. The lowest BCUT2D eigenvalue weighted by Gasteiger charge is -2.17. The van der Waals surface area contributed by atoms with Gasteiger partial charge in [-0.2, -0.15) is 0 Å². The molecule has 12 aromatic rings. The monoisotopic (exact) mass is 2090 g/mol. The number of aliphatic hydroxyl groups excluding tert-OH is 10. The Morgan fingerprint density at radius 1 is 0.340 bits per heavy atom. The molecule has 8 fully saturated rings. The highest BCUT2D eigenvalue weighted by molar-refractivity contribution is 7.99. The lowest BCUT2D eigenvalue weighted by molar-refractivity contribution is -0.0629. The number of fused-ring (bicyclic) bond motifs is 4. The molecule has 0 unspecified atom stereocenters. The van der Waals surface area contributed by atoms with Crippen LogP contribution < -0.4 is 21.3 Å². The number of aliphatic hydroxyl groups is 12.